The van der Waals surface area contributed by atoms with Crippen molar-refractivity contribution in [2.24, 2.45) is 0 Å². The maximum Gasteiger partial charge on any atom is 0.0738 e. The number of halogens is 1. The van der Waals surface area contributed by atoms with Crippen LogP contribution in [0, 0.1) is 13.8 Å². The van der Waals surface area contributed by atoms with Crippen LogP contribution in [0.2, 0.25) is 0 Å². The zero-order valence-electron chi connectivity index (χ0n) is 9.37. The summed E-state index contributed by atoms with van der Waals surface area (Å²) in [7, 11) is 0. The van der Waals surface area contributed by atoms with Gasteiger partial charge in [0.25, 0.3) is 0 Å². The van der Waals surface area contributed by atoms with E-state index >= 15 is 0 Å². The molecule has 0 unspecified atom stereocenters. The topological polar surface area (TPSA) is 43.8 Å². The number of aryl methyl sites for hydroxylation is 1. The molecule has 4 heteroatoms. The van der Waals surface area contributed by atoms with Gasteiger partial charge in [0.2, 0.25) is 0 Å². The number of hydrogen-bond donors (Lipinski definition) is 1. The molecule has 0 aliphatic heterocycles. The van der Waals surface area contributed by atoms with E-state index in [0.29, 0.717) is 0 Å². The number of anilines is 1. The summed E-state index contributed by atoms with van der Waals surface area (Å²) >= 11 is 3.52. The molecule has 84 valence electrons. The van der Waals surface area contributed by atoms with Crippen molar-refractivity contribution in [3.8, 4) is 0 Å². The third-order valence-electron chi connectivity index (χ3n) is 2.58. The second kappa shape index (κ2) is 4.29. The number of nitrogens with zero attached hydrogens (tertiary/aromatic N) is 2. The van der Waals surface area contributed by atoms with Gasteiger partial charge in [0.1, 0.15) is 0 Å². The van der Waals surface area contributed by atoms with Gasteiger partial charge in [-0.2, -0.15) is 5.10 Å². The molecule has 0 radical (unpaired) electrons. The first kappa shape index (κ1) is 11.2. The third kappa shape index (κ3) is 2.11. The van der Waals surface area contributed by atoms with Gasteiger partial charge in [0.05, 0.1) is 22.4 Å². The number of nitrogen functional groups attached to an aromatic ring is 1. The highest BCUT2D eigenvalue weighted by atomic mass is 79.9. The molecule has 0 spiro atoms. The quantitative estimate of drug-likeness (QED) is 0.860. The highest BCUT2D eigenvalue weighted by molar-refractivity contribution is 9.10. The molecule has 0 aliphatic carbocycles. The van der Waals surface area contributed by atoms with Gasteiger partial charge < -0.3 is 5.73 Å². The molecule has 3 nitrogen and oxygen atoms in total. The molecule has 2 rings (SSSR count). The summed E-state index contributed by atoms with van der Waals surface area (Å²) < 4.78 is 3.06. The summed E-state index contributed by atoms with van der Waals surface area (Å²) in [6, 6.07) is 7.89. The maximum absolute atomic E-state index is 5.75. The predicted molar refractivity (Wildman–Crippen MR) is 69.4 cm³/mol. The molecule has 0 saturated heterocycles. The Morgan fingerprint density at radius 2 is 2.12 bits per heavy atom. The average molecular weight is 280 g/mol. The van der Waals surface area contributed by atoms with Crippen molar-refractivity contribution >= 4 is 21.6 Å². The summed E-state index contributed by atoms with van der Waals surface area (Å²) in [5.41, 5.74) is 9.86. The second-order valence-electron chi connectivity index (χ2n) is 3.89. The van der Waals surface area contributed by atoms with Crippen LogP contribution in [0.25, 0.3) is 0 Å². The molecule has 2 N–H and O–H groups in total. The van der Waals surface area contributed by atoms with Crippen molar-refractivity contribution in [1.82, 2.24) is 9.78 Å². The Kier molecular flexibility index (Phi) is 3.01. The van der Waals surface area contributed by atoms with Crippen LogP contribution in [0.4, 0.5) is 5.69 Å². The lowest BCUT2D eigenvalue weighted by Crippen LogP contribution is -2.04. The third-order valence-corrected chi connectivity index (χ3v) is 3.72. The van der Waals surface area contributed by atoms with E-state index < -0.39 is 0 Å². The molecule has 1 heterocycles. The zero-order valence-corrected chi connectivity index (χ0v) is 11.0. The van der Waals surface area contributed by atoms with Gasteiger partial charge in [0.15, 0.2) is 0 Å². The van der Waals surface area contributed by atoms with Gasteiger partial charge in [-0.1, -0.05) is 12.1 Å². The standard InChI is InChI=1S/C12H14BrN3/c1-8-12(13)9(2)16(15-8)7-10-4-3-5-11(14)6-10/h3-6H,7,14H2,1-2H3. The molecule has 16 heavy (non-hydrogen) atoms. The van der Waals surface area contributed by atoms with E-state index in [1.54, 1.807) is 0 Å². The van der Waals surface area contributed by atoms with Crippen molar-refractivity contribution in [2.75, 3.05) is 5.73 Å². The van der Waals surface area contributed by atoms with Gasteiger partial charge in [-0.15, -0.1) is 0 Å². The molecular weight excluding hydrogens is 266 g/mol. The van der Waals surface area contributed by atoms with E-state index in [2.05, 4.69) is 34.0 Å². The lowest BCUT2D eigenvalue weighted by Gasteiger charge is -2.05. The summed E-state index contributed by atoms with van der Waals surface area (Å²) in [6.45, 7) is 4.80. The fourth-order valence-electron chi connectivity index (χ4n) is 1.69. The summed E-state index contributed by atoms with van der Waals surface area (Å²) in [5.74, 6) is 0. The molecule has 2 aromatic rings. The van der Waals surface area contributed by atoms with Crippen LogP contribution in [-0.4, -0.2) is 9.78 Å². The van der Waals surface area contributed by atoms with Crippen molar-refractivity contribution in [2.45, 2.75) is 20.4 Å². The van der Waals surface area contributed by atoms with Crippen LogP contribution in [0.3, 0.4) is 0 Å². The summed E-state index contributed by atoms with van der Waals surface area (Å²) in [4.78, 5) is 0. The number of benzene rings is 1. The van der Waals surface area contributed by atoms with Crippen LogP contribution in [0.15, 0.2) is 28.7 Å². The minimum Gasteiger partial charge on any atom is -0.399 e. The van der Waals surface area contributed by atoms with Gasteiger partial charge in [-0.3, -0.25) is 4.68 Å². The van der Waals surface area contributed by atoms with E-state index in [-0.39, 0.29) is 0 Å². The number of aromatic nitrogens is 2. The lowest BCUT2D eigenvalue weighted by molar-refractivity contribution is 0.659. The van der Waals surface area contributed by atoms with Crippen LogP contribution in [0.5, 0.6) is 0 Å². The average Bonchev–Trinajstić information content (AvgIpc) is 2.47. The van der Waals surface area contributed by atoms with Crippen molar-refractivity contribution < 1.29 is 0 Å². The highest BCUT2D eigenvalue weighted by Crippen LogP contribution is 2.20. The van der Waals surface area contributed by atoms with Gasteiger partial charge in [-0.05, 0) is 47.5 Å². The highest BCUT2D eigenvalue weighted by Gasteiger charge is 2.08. The van der Waals surface area contributed by atoms with E-state index in [9.17, 15) is 0 Å². The minimum atomic E-state index is 0.753. The monoisotopic (exact) mass is 279 g/mol. The fourth-order valence-corrected chi connectivity index (χ4v) is 1.98. The Morgan fingerprint density at radius 3 is 2.69 bits per heavy atom. The summed E-state index contributed by atoms with van der Waals surface area (Å²) in [5, 5.41) is 4.46. The normalized spacial score (nSPS) is 10.7. The van der Waals surface area contributed by atoms with Gasteiger partial charge in [0, 0.05) is 5.69 Å². The van der Waals surface area contributed by atoms with E-state index in [4.69, 9.17) is 5.73 Å². The SMILES string of the molecule is Cc1nn(Cc2cccc(N)c2)c(C)c1Br. The van der Waals surface area contributed by atoms with Crippen LogP contribution < -0.4 is 5.73 Å². The first-order valence-corrected chi connectivity index (χ1v) is 5.91. The molecule has 0 amide bonds. The summed E-state index contributed by atoms with van der Waals surface area (Å²) in [6.07, 6.45) is 0. The molecule has 0 saturated carbocycles. The fraction of sp³-hybridized carbons (Fsp3) is 0.250. The van der Waals surface area contributed by atoms with Gasteiger partial charge in [-0.25, -0.2) is 0 Å². The Hall–Kier alpha value is -1.29. The Bertz CT molecular complexity index is 517. The molecule has 0 bridgehead atoms. The minimum absolute atomic E-state index is 0.753. The van der Waals surface area contributed by atoms with Crippen molar-refractivity contribution in [3.05, 3.63) is 45.7 Å². The Morgan fingerprint density at radius 1 is 1.38 bits per heavy atom. The second-order valence-corrected chi connectivity index (χ2v) is 4.68. The van der Waals surface area contributed by atoms with Crippen LogP contribution in [-0.2, 0) is 6.54 Å². The number of nitrogens with two attached hydrogens (primary N) is 1. The maximum atomic E-state index is 5.75. The van der Waals surface area contributed by atoms with Crippen LogP contribution in [0.1, 0.15) is 17.0 Å². The molecule has 0 fully saturated rings. The molecule has 0 atom stereocenters. The lowest BCUT2D eigenvalue weighted by atomic mass is 10.2. The Labute approximate surface area is 103 Å². The van der Waals surface area contributed by atoms with Crippen molar-refractivity contribution in [1.29, 1.82) is 0 Å². The van der Waals surface area contributed by atoms with E-state index in [1.165, 1.54) is 0 Å². The largest absolute Gasteiger partial charge is 0.399 e. The predicted octanol–water partition coefficient (Wildman–Crippen LogP) is 2.89. The van der Waals surface area contributed by atoms with E-state index in [1.807, 2.05) is 29.8 Å². The molecule has 1 aromatic carbocycles. The van der Waals surface area contributed by atoms with Gasteiger partial charge >= 0.3 is 0 Å². The Balaban J connectivity index is 2.30. The number of rotatable bonds is 2. The smallest absolute Gasteiger partial charge is 0.0738 e. The van der Waals surface area contributed by atoms with Crippen molar-refractivity contribution in [3.63, 3.8) is 0 Å². The number of hydrogen-bond acceptors (Lipinski definition) is 2. The first-order valence-electron chi connectivity index (χ1n) is 5.12. The zero-order chi connectivity index (χ0) is 11.7. The first-order chi connectivity index (χ1) is 7.58. The molecular formula is C12H14BrN3. The van der Waals surface area contributed by atoms with E-state index in [0.717, 1.165) is 33.7 Å². The molecule has 0 aliphatic rings. The van der Waals surface area contributed by atoms with Crippen LogP contribution >= 0.6 is 15.9 Å². The molecule has 1 aromatic heterocycles.